The highest BCUT2D eigenvalue weighted by Gasteiger charge is 2.43. The largest absolute Gasteiger partial charge is 0.394 e. The van der Waals surface area contributed by atoms with Crippen molar-refractivity contribution in [2.45, 2.75) is 76.0 Å². The summed E-state index contributed by atoms with van der Waals surface area (Å²) in [5.41, 5.74) is 5.56. The Bertz CT molecular complexity index is 859. The van der Waals surface area contributed by atoms with Crippen LogP contribution >= 0.6 is 0 Å². The Morgan fingerprint density at radius 1 is 0.871 bits per heavy atom. The van der Waals surface area contributed by atoms with E-state index in [9.17, 15) is 20.4 Å². The van der Waals surface area contributed by atoms with E-state index in [1.54, 1.807) is 0 Å². The SMILES string of the molecule is Cc1ccc([C@@H]2O[C@H](CO)[C@@H](O)[C@H](O)[C@H]2O)cc1Cc1ccc(CC[Si](C)(C)C)cc1. The first-order chi connectivity index (χ1) is 14.6. The Hall–Kier alpha value is -1.54. The minimum Gasteiger partial charge on any atom is -0.394 e. The van der Waals surface area contributed by atoms with Gasteiger partial charge in [-0.05, 0) is 47.6 Å². The van der Waals surface area contributed by atoms with E-state index in [4.69, 9.17) is 4.74 Å². The standard InChI is InChI=1S/C25H36O5Si/c1-16-5-10-19(25-24(29)23(28)22(27)21(15-26)30-25)14-20(16)13-18-8-6-17(7-9-18)11-12-31(2,3)4/h5-10,14,21-29H,11-13,15H2,1-4H3/t21-,22-,23+,24-,25+/m1/s1. The second-order valence-corrected chi connectivity index (χ2v) is 15.6. The molecule has 0 amide bonds. The van der Waals surface area contributed by atoms with E-state index < -0.39 is 45.2 Å². The zero-order chi connectivity index (χ0) is 22.8. The molecule has 2 aromatic carbocycles. The summed E-state index contributed by atoms with van der Waals surface area (Å²) in [5.74, 6) is 0. The van der Waals surface area contributed by atoms with Crippen LogP contribution in [0.25, 0.3) is 0 Å². The number of aliphatic hydroxyl groups is 4. The van der Waals surface area contributed by atoms with Gasteiger partial charge in [0.05, 0.1) is 6.61 Å². The van der Waals surface area contributed by atoms with Gasteiger partial charge in [0.1, 0.15) is 30.5 Å². The summed E-state index contributed by atoms with van der Waals surface area (Å²) in [5, 5.41) is 40.1. The van der Waals surface area contributed by atoms with E-state index >= 15 is 0 Å². The number of hydrogen-bond acceptors (Lipinski definition) is 5. The Kier molecular flexibility index (Phi) is 7.73. The fraction of sp³-hybridized carbons (Fsp3) is 0.520. The van der Waals surface area contributed by atoms with Crippen molar-refractivity contribution in [2.24, 2.45) is 0 Å². The lowest BCUT2D eigenvalue weighted by atomic mass is 9.89. The van der Waals surface area contributed by atoms with Crippen molar-refractivity contribution in [1.82, 2.24) is 0 Å². The molecule has 31 heavy (non-hydrogen) atoms. The molecule has 2 aromatic rings. The van der Waals surface area contributed by atoms with Gasteiger partial charge in [0.25, 0.3) is 0 Å². The lowest BCUT2D eigenvalue weighted by Crippen LogP contribution is -2.55. The molecule has 0 bridgehead atoms. The van der Waals surface area contributed by atoms with E-state index in [0.717, 1.165) is 29.5 Å². The first kappa shape index (κ1) is 24.1. The third-order valence-electron chi connectivity index (χ3n) is 6.18. The van der Waals surface area contributed by atoms with Crippen LogP contribution in [0.2, 0.25) is 25.7 Å². The fourth-order valence-corrected chi connectivity index (χ4v) is 5.04. The molecule has 1 saturated heterocycles. The van der Waals surface area contributed by atoms with Gasteiger partial charge >= 0.3 is 0 Å². The van der Waals surface area contributed by atoms with Crippen LogP contribution in [0, 0.1) is 6.92 Å². The van der Waals surface area contributed by atoms with Crippen molar-refractivity contribution in [3.63, 3.8) is 0 Å². The molecule has 1 aliphatic heterocycles. The molecule has 6 heteroatoms. The molecule has 0 spiro atoms. The predicted octanol–water partition coefficient (Wildman–Crippen LogP) is 2.98. The fourth-order valence-electron chi connectivity index (χ4n) is 4.00. The first-order valence-electron chi connectivity index (χ1n) is 11.1. The molecule has 3 rings (SSSR count). The molecule has 1 fully saturated rings. The highest BCUT2D eigenvalue weighted by atomic mass is 28.3. The average molecular weight is 445 g/mol. The first-order valence-corrected chi connectivity index (χ1v) is 14.8. The van der Waals surface area contributed by atoms with E-state index in [-0.39, 0.29) is 0 Å². The van der Waals surface area contributed by atoms with Crippen LogP contribution in [0.15, 0.2) is 42.5 Å². The molecule has 1 aliphatic rings. The quantitative estimate of drug-likeness (QED) is 0.493. The van der Waals surface area contributed by atoms with Gasteiger partial charge < -0.3 is 25.2 Å². The van der Waals surface area contributed by atoms with Crippen molar-refractivity contribution in [3.8, 4) is 0 Å². The zero-order valence-corrected chi connectivity index (χ0v) is 20.0. The Balaban J connectivity index is 1.75. The van der Waals surface area contributed by atoms with E-state index in [1.165, 1.54) is 17.2 Å². The van der Waals surface area contributed by atoms with E-state index in [0.29, 0.717) is 0 Å². The molecule has 0 radical (unpaired) electrons. The zero-order valence-electron chi connectivity index (χ0n) is 19.0. The monoisotopic (exact) mass is 444 g/mol. The van der Waals surface area contributed by atoms with Gasteiger partial charge in [-0.1, -0.05) is 68.1 Å². The van der Waals surface area contributed by atoms with E-state index in [1.807, 2.05) is 18.2 Å². The topological polar surface area (TPSA) is 90.2 Å². The summed E-state index contributed by atoms with van der Waals surface area (Å²) in [4.78, 5) is 0. The number of aryl methyl sites for hydroxylation is 2. The lowest BCUT2D eigenvalue weighted by molar-refractivity contribution is -0.231. The van der Waals surface area contributed by atoms with Crippen molar-refractivity contribution < 1.29 is 25.2 Å². The molecule has 5 atom stereocenters. The smallest absolute Gasteiger partial charge is 0.113 e. The lowest BCUT2D eigenvalue weighted by Gasteiger charge is -2.40. The van der Waals surface area contributed by atoms with Crippen LogP contribution in [0.4, 0.5) is 0 Å². The minimum absolute atomic E-state index is 0.426. The predicted molar refractivity (Wildman–Crippen MR) is 125 cm³/mol. The second kappa shape index (κ2) is 9.94. The summed E-state index contributed by atoms with van der Waals surface area (Å²) >= 11 is 0. The van der Waals surface area contributed by atoms with Gasteiger partial charge in [0, 0.05) is 8.07 Å². The van der Waals surface area contributed by atoms with Crippen LogP contribution in [0.5, 0.6) is 0 Å². The summed E-state index contributed by atoms with van der Waals surface area (Å²) in [7, 11) is -1.05. The number of hydrogen-bond donors (Lipinski definition) is 4. The van der Waals surface area contributed by atoms with Crippen LogP contribution in [-0.2, 0) is 17.6 Å². The normalized spacial score (nSPS) is 26.8. The molecule has 4 N–H and O–H groups in total. The summed E-state index contributed by atoms with van der Waals surface area (Å²) in [6.45, 7) is 8.81. The third-order valence-corrected chi connectivity index (χ3v) is 7.93. The highest BCUT2D eigenvalue weighted by molar-refractivity contribution is 6.76. The van der Waals surface area contributed by atoms with Gasteiger partial charge in [0.2, 0.25) is 0 Å². The molecular weight excluding hydrogens is 408 g/mol. The van der Waals surface area contributed by atoms with Gasteiger partial charge in [-0.25, -0.2) is 0 Å². The van der Waals surface area contributed by atoms with Gasteiger partial charge in [-0.2, -0.15) is 0 Å². The number of rotatable bonds is 7. The van der Waals surface area contributed by atoms with Crippen molar-refractivity contribution in [2.75, 3.05) is 6.61 Å². The van der Waals surface area contributed by atoms with Crippen molar-refractivity contribution in [3.05, 3.63) is 70.3 Å². The maximum Gasteiger partial charge on any atom is 0.113 e. The number of ether oxygens (including phenoxy) is 1. The molecular formula is C25H36O5Si. The maximum atomic E-state index is 10.4. The summed E-state index contributed by atoms with van der Waals surface area (Å²) < 4.78 is 5.72. The molecule has 5 nitrogen and oxygen atoms in total. The highest BCUT2D eigenvalue weighted by Crippen LogP contribution is 2.33. The van der Waals surface area contributed by atoms with Crippen LogP contribution in [0.1, 0.15) is 33.9 Å². The van der Waals surface area contributed by atoms with Crippen LogP contribution < -0.4 is 0 Å². The van der Waals surface area contributed by atoms with Crippen LogP contribution in [0.3, 0.4) is 0 Å². The molecule has 1 heterocycles. The number of aliphatic hydroxyl groups excluding tert-OH is 4. The number of benzene rings is 2. The second-order valence-electron chi connectivity index (χ2n) is 9.99. The van der Waals surface area contributed by atoms with Crippen molar-refractivity contribution in [1.29, 1.82) is 0 Å². The molecule has 0 unspecified atom stereocenters. The summed E-state index contributed by atoms with van der Waals surface area (Å²) in [6.07, 6.45) is -3.81. The van der Waals surface area contributed by atoms with Gasteiger partial charge in [-0.15, -0.1) is 0 Å². The Labute approximate surface area is 186 Å². The molecule has 0 aliphatic carbocycles. The van der Waals surface area contributed by atoms with Gasteiger partial charge in [-0.3, -0.25) is 0 Å². The summed E-state index contributed by atoms with van der Waals surface area (Å²) in [6, 6.07) is 15.9. The maximum absolute atomic E-state index is 10.4. The average Bonchev–Trinajstić information content (AvgIpc) is 2.73. The van der Waals surface area contributed by atoms with Crippen LogP contribution in [-0.4, -0.2) is 59.5 Å². The van der Waals surface area contributed by atoms with Crippen molar-refractivity contribution >= 4 is 8.07 Å². The Morgan fingerprint density at radius 3 is 2.13 bits per heavy atom. The van der Waals surface area contributed by atoms with Gasteiger partial charge in [0.15, 0.2) is 0 Å². The molecule has 0 saturated carbocycles. The van der Waals surface area contributed by atoms with E-state index in [2.05, 4.69) is 50.8 Å². The molecule has 170 valence electrons. The Morgan fingerprint density at radius 2 is 1.52 bits per heavy atom. The minimum atomic E-state index is -1.37. The third kappa shape index (κ3) is 6.03. The molecule has 0 aromatic heterocycles.